The lowest BCUT2D eigenvalue weighted by Crippen LogP contribution is -2.38. The summed E-state index contributed by atoms with van der Waals surface area (Å²) in [6.07, 6.45) is -0.658. The fraction of sp³-hybridized carbons (Fsp3) is 0.583. The van der Waals surface area contributed by atoms with E-state index in [2.05, 4.69) is 42.2 Å². The van der Waals surface area contributed by atoms with Crippen LogP contribution in [0.2, 0.25) is 0 Å². The van der Waals surface area contributed by atoms with Crippen molar-refractivity contribution in [1.82, 2.24) is 39.0 Å². The molecule has 23 heteroatoms. The number of nitrogens with one attached hydrogen (secondary N) is 1. The topological polar surface area (TPSA) is 291 Å². The van der Waals surface area contributed by atoms with E-state index >= 15 is 0 Å². The van der Waals surface area contributed by atoms with E-state index in [4.69, 9.17) is 29.6 Å². The van der Waals surface area contributed by atoms with Gasteiger partial charge in [0.25, 0.3) is 5.56 Å². The molecular weight excluding hydrogens is 682 g/mol. The first-order chi connectivity index (χ1) is 22.3. The van der Waals surface area contributed by atoms with Gasteiger partial charge in [0.2, 0.25) is 5.95 Å². The van der Waals surface area contributed by atoms with Gasteiger partial charge in [-0.25, -0.2) is 29.1 Å². The minimum atomic E-state index is -4.94. The van der Waals surface area contributed by atoms with Crippen LogP contribution in [0.4, 0.5) is 11.8 Å². The van der Waals surface area contributed by atoms with Crippen LogP contribution in [0, 0.1) is 22.7 Å². The number of aromatic nitrogens is 8. The number of rotatable bonds is 2. The monoisotopic (exact) mass is 710 g/mol. The van der Waals surface area contributed by atoms with Crippen molar-refractivity contribution in [2.75, 3.05) is 24.7 Å². The number of nitrogen functional groups attached to an aromatic ring is 2. The Bertz CT molecular complexity index is 2150. The number of H-pyrrole nitrogens is 1. The molecule has 4 aromatic heterocycles. The zero-order valence-corrected chi connectivity index (χ0v) is 26.7. The van der Waals surface area contributed by atoms with Crippen LogP contribution < -0.4 is 17.0 Å². The van der Waals surface area contributed by atoms with Crippen molar-refractivity contribution in [3.8, 4) is 0 Å². The number of aliphatic hydroxyl groups excluding tert-OH is 2. The first kappa shape index (κ1) is 30.1. The number of hydrogen-bond acceptors (Lipinski definition) is 16. The van der Waals surface area contributed by atoms with Crippen LogP contribution in [-0.2, 0) is 27.2 Å². The number of nitrogens with two attached hydrogens (primary N) is 2. The van der Waals surface area contributed by atoms with E-state index < -0.39 is 86.0 Å². The maximum atomic E-state index is 13.8. The smallest absolute Gasteiger partial charge is 0.390 e. The first-order valence-corrected chi connectivity index (χ1v) is 18.8. The van der Waals surface area contributed by atoms with Crippen molar-refractivity contribution in [2.45, 2.75) is 49.3 Å². The Balaban J connectivity index is 1.09. The highest BCUT2D eigenvalue weighted by molar-refractivity contribution is 8.44. The largest absolute Gasteiger partial charge is 0.472 e. The van der Waals surface area contributed by atoms with Gasteiger partial charge in [-0.05, 0) is 24.7 Å². The van der Waals surface area contributed by atoms with Crippen molar-refractivity contribution in [2.24, 2.45) is 22.7 Å². The Hall–Kier alpha value is -2.97. The molecule has 0 amide bonds. The summed E-state index contributed by atoms with van der Waals surface area (Å²) in [5.74, 6) is -0.921. The number of hydrogen-bond donors (Lipinski definition) is 7. The van der Waals surface area contributed by atoms with Crippen molar-refractivity contribution in [3.63, 3.8) is 0 Å². The van der Waals surface area contributed by atoms with Crippen LogP contribution in [0.1, 0.15) is 24.9 Å². The molecule has 4 aromatic rings. The average molecular weight is 711 g/mol. The molecule has 3 unspecified atom stereocenters. The van der Waals surface area contributed by atoms with Crippen LogP contribution in [-0.4, -0.2) is 91.8 Å². The molecule has 0 aromatic carbocycles. The Morgan fingerprint density at radius 3 is 2.40 bits per heavy atom. The predicted molar refractivity (Wildman–Crippen MR) is 162 cm³/mol. The molecule has 5 aliphatic rings. The van der Waals surface area contributed by atoms with Gasteiger partial charge in [-0.15, -0.1) is 0 Å². The Labute approximate surface area is 268 Å². The molecular formula is C24H28N10O10P2S. The normalized spacial score (nSPS) is 44.3. The fourth-order valence-corrected chi connectivity index (χ4v) is 10.9. The van der Waals surface area contributed by atoms with Gasteiger partial charge in [-0.1, -0.05) is 12.2 Å². The molecule has 9 rings (SSSR count). The highest BCUT2D eigenvalue weighted by Crippen LogP contribution is 2.75. The highest BCUT2D eigenvalue weighted by atomic mass is 32.7. The van der Waals surface area contributed by atoms with Crippen LogP contribution >= 0.6 is 26.9 Å². The number of phosphoric acid groups is 1. The lowest BCUT2D eigenvalue weighted by Gasteiger charge is -2.30. The van der Waals surface area contributed by atoms with Crippen molar-refractivity contribution in [1.29, 1.82) is 0 Å². The van der Waals surface area contributed by atoms with Gasteiger partial charge in [0, 0.05) is 10.8 Å². The fourth-order valence-electron chi connectivity index (χ4n) is 8.30. The Kier molecular flexibility index (Phi) is 6.14. The molecule has 1 aliphatic heterocycles. The van der Waals surface area contributed by atoms with E-state index in [9.17, 15) is 29.0 Å². The van der Waals surface area contributed by atoms with Gasteiger partial charge in [0.05, 0.1) is 44.1 Å². The van der Waals surface area contributed by atoms with Crippen LogP contribution in [0.25, 0.3) is 22.3 Å². The Morgan fingerprint density at radius 2 is 1.62 bits per heavy atom. The van der Waals surface area contributed by atoms with E-state index in [1.807, 2.05) is 0 Å². The van der Waals surface area contributed by atoms with Gasteiger partial charge >= 0.3 is 14.6 Å². The lowest BCUT2D eigenvalue weighted by molar-refractivity contribution is -0.0321. The van der Waals surface area contributed by atoms with Gasteiger partial charge < -0.3 is 40.2 Å². The molecule has 4 saturated carbocycles. The van der Waals surface area contributed by atoms with Crippen molar-refractivity contribution < 1.29 is 42.3 Å². The number of aliphatic hydroxyl groups is 2. The van der Waals surface area contributed by atoms with Crippen molar-refractivity contribution >= 4 is 61.0 Å². The number of fused-ring (bicyclic) bond motifs is 3. The minimum Gasteiger partial charge on any atom is -0.390 e. The first-order valence-electron chi connectivity index (χ1n) is 14.6. The molecule has 5 heterocycles. The standard InChI is InChI=1S/C24H28N10O10P2S/c25-18-10-19(28-5-27-18)33(6-29-10)12-8-2-24(8)4-41-45(38,39)43-15-13(34-7-30-11-20(34)31-22(26)32-21(11)37)9-1-23(9,16(15)36)3-42-46(40,47)44-17(24)14(12)35/h5-9,12-17,35-36H,1-4H2,(H,38,39)(H,40,47)(H2,25,27,28)(H3,26,31,32,37)/t8-,9-,12-,13-,14+,15+,16+,17+,23?,24?,46-/m1/s1. The van der Waals surface area contributed by atoms with Crippen LogP contribution in [0.5, 0.6) is 0 Å². The number of thiol groups is 1. The molecule has 250 valence electrons. The quantitative estimate of drug-likeness (QED) is 0.106. The number of imidazole rings is 2. The lowest BCUT2D eigenvalue weighted by atomic mass is 10.0. The van der Waals surface area contributed by atoms with E-state index in [-0.39, 0.29) is 29.5 Å². The van der Waals surface area contributed by atoms with E-state index in [1.165, 1.54) is 23.5 Å². The van der Waals surface area contributed by atoms with E-state index in [1.54, 1.807) is 4.57 Å². The third-order valence-electron chi connectivity index (χ3n) is 10.6. The summed E-state index contributed by atoms with van der Waals surface area (Å²) in [7, 11) is -4.94. The summed E-state index contributed by atoms with van der Waals surface area (Å²) < 4.78 is 53.5. The summed E-state index contributed by atoms with van der Waals surface area (Å²) in [6.45, 7) is -5.03. The third kappa shape index (κ3) is 4.22. The highest BCUT2D eigenvalue weighted by Gasteiger charge is 2.76. The second-order valence-corrected chi connectivity index (χ2v) is 17.2. The minimum absolute atomic E-state index is 0.0352. The summed E-state index contributed by atoms with van der Waals surface area (Å²) in [5, 5.41) is 23.2. The molecule has 5 fully saturated rings. The second kappa shape index (κ2) is 9.59. The summed E-state index contributed by atoms with van der Waals surface area (Å²) in [6, 6.07) is -1.60. The van der Waals surface area contributed by atoms with Crippen LogP contribution in [0.15, 0.2) is 23.8 Å². The van der Waals surface area contributed by atoms with E-state index in [0.29, 0.717) is 24.0 Å². The second-order valence-electron chi connectivity index (χ2n) is 12.9. The predicted octanol–water partition coefficient (Wildman–Crippen LogP) is -0.0768. The summed E-state index contributed by atoms with van der Waals surface area (Å²) in [5.41, 5.74) is 9.64. The van der Waals surface area contributed by atoms with E-state index in [0.717, 1.165) is 0 Å². The molecule has 1 saturated heterocycles. The molecule has 4 aliphatic carbocycles. The Morgan fingerprint density at radius 1 is 0.936 bits per heavy atom. The third-order valence-corrected chi connectivity index (χ3v) is 13.2. The molecule has 20 nitrogen and oxygen atoms in total. The zero-order chi connectivity index (χ0) is 32.8. The average Bonchev–Trinajstić information content (AvgIpc) is 3.71. The van der Waals surface area contributed by atoms with Gasteiger partial charge in [-0.2, -0.15) is 4.98 Å². The van der Waals surface area contributed by atoms with Crippen molar-refractivity contribution in [3.05, 3.63) is 29.3 Å². The number of anilines is 2. The molecule has 12 atom stereocenters. The molecule has 2 bridgehead atoms. The maximum Gasteiger partial charge on any atom is 0.472 e. The SMILES string of the molecule is Nc1nc2c(ncn2[C@H]2[C@@H]3OP(=O)(O)OCC45C[C@@H]4[C@@H](n4cnc6c(N)ncnc64)[C@H](O)[C@@H]5O[P@](=O)(S)OCC4(C[C@H]24)[C@H]3O)c(=O)[nH]1. The molecule has 2 spiro atoms. The molecule has 8 N–H and O–H groups in total. The van der Waals surface area contributed by atoms with Gasteiger partial charge in [0.1, 0.15) is 30.2 Å². The maximum absolute atomic E-state index is 13.8. The van der Waals surface area contributed by atoms with Crippen LogP contribution in [0.3, 0.4) is 0 Å². The summed E-state index contributed by atoms with van der Waals surface area (Å²) in [4.78, 5) is 46.7. The van der Waals surface area contributed by atoms with Gasteiger partial charge in [0.15, 0.2) is 22.6 Å². The number of aromatic amines is 1. The zero-order valence-electron chi connectivity index (χ0n) is 24.0. The summed E-state index contributed by atoms with van der Waals surface area (Å²) >= 11 is 4.24. The molecule has 0 radical (unpaired) electrons. The van der Waals surface area contributed by atoms with Gasteiger partial charge in [-0.3, -0.25) is 23.3 Å². The molecule has 47 heavy (non-hydrogen) atoms. The number of nitrogens with zero attached hydrogens (tertiary/aromatic N) is 7. The number of phosphoric ester groups is 1.